The Balaban J connectivity index is 1.42. The van der Waals surface area contributed by atoms with E-state index in [1.54, 1.807) is 0 Å². The highest BCUT2D eigenvalue weighted by Crippen LogP contribution is 2.58. The van der Waals surface area contributed by atoms with Gasteiger partial charge < -0.3 is 14.6 Å². The van der Waals surface area contributed by atoms with Gasteiger partial charge in [-0.3, -0.25) is 0 Å². The number of aromatic nitrogens is 2. The lowest BCUT2D eigenvalue weighted by Gasteiger charge is -2.60. The number of anilines is 1. The van der Waals surface area contributed by atoms with Crippen LogP contribution in [0.4, 0.5) is 6.01 Å². The molecular formula is C14H21N3O2. The normalized spacial score (nSPS) is 31.8. The number of hydrogen-bond acceptors (Lipinski definition) is 5. The summed E-state index contributed by atoms with van der Waals surface area (Å²) in [7, 11) is 0. The summed E-state index contributed by atoms with van der Waals surface area (Å²) in [5, 5.41) is 7.50. The molecule has 1 aromatic rings. The highest BCUT2D eigenvalue weighted by Gasteiger charge is 2.59. The second-order valence-electron chi connectivity index (χ2n) is 6.20. The van der Waals surface area contributed by atoms with Crippen LogP contribution >= 0.6 is 0 Å². The molecule has 3 aliphatic carbocycles. The van der Waals surface area contributed by atoms with E-state index >= 15 is 0 Å². The van der Waals surface area contributed by atoms with Gasteiger partial charge in [-0.15, -0.1) is 0 Å². The summed E-state index contributed by atoms with van der Waals surface area (Å²) < 4.78 is 11.2. The zero-order chi connectivity index (χ0) is 12.9. The molecule has 3 saturated carbocycles. The first-order valence-electron chi connectivity index (χ1n) is 7.53. The van der Waals surface area contributed by atoms with Crippen molar-refractivity contribution in [3.8, 4) is 0 Å². The van der Waals surface area contributed by atoms with Crippen molar-refractivity contribution in [3.05, 3.63) is 5.82 Å². The van der Waals surface area contributed by atoms with Crippen molar-refractivity contribution in [1.29, 1.82) is 0 Å². The van der Waals surface area contributed by atoms with Crippen molar-refractivity contribution < 1.29 is 9.26 Å². The summed E-state index contributed by atoms with van der Waals surface area (Å²) in [6.07, 6.45) is 7.75. The number of nitrogens with zero attached hydrogens (tertiary/aromatic N) is 2. The summed E-state index contributed by atoms with van der Waals surface area (Å²) in [5.41, 5.74) is 0.338. The van der Waals surface area contributed by atoms with Crippen molar-refractivity contribution in [2.75, 3.05) is 11.9 Å². The van der Waals surface area contributed by atoms with E-state index in [2.05, 4.69) is 22.4 Å². The predicted octanol–water partition coefficient (Wildman–Crippen LogP) is 2.71. The molecule has 104 valence electrons. The van der Waals surface area contributed by atoms with Crippen LogP contribution in [0.2, 0.25) is 0 Å². The van der Waals surface area contributed by atoms with Gasteiger partial charge in [-0.1, -0.05) is 11.6 Å². The van der Waals surface area contributed by atoms with Crippen LogP contribution in [0.1, 0.15) is 57.2 Å². The van der Waals surface area contributed by atoms with Crippen LogP contribution in [0.5, 0.6) is 0 Å². The Morgan fingerprint density at radius 2 is 2.26 bits per heavy atom. The van der Waals surface area contributed by atoms with Crippen molar-refractivity contribution >= 4 is 6.01 Å². The molecule has 0 radical (unpaired) electrons. The van der Waals surface area contributed by atoms with Gasteiger partial charge in [0.2, 0.25) is 0 Å². The lowest BCUT2D eigenvalue weighted by atomic mass is 9.51. The highest BCUT2D eigenvalue weighted by atomic mass is 16.5. The first-order chi connectivity index (χ1) is 9.32. The zero-order valence-electron chi connectivity index (χ0n) is 11.4. The standard InChI is InChI=1S/C14H21N3O2/c1-2-18-11-8-10(14(11)6-3-7-14)15-13-16-12(17-19-13)9-4-5-9/h9-11H,2-8H2,1H3,(H,15,16,17). The zero-order valence-corrected chi connectivity index (χ0v) is 11.4. The maximum atomic E-state index is 5.85. The lowest BCUT2D eigenvalue weighted by Crippen LogP contribution is -2.64. The SMILES string of the molecule is CCOC1CC(Nc2nc(C3CC3)no2)C12CCC2. The van der Waals surface area contributed by atoms with Crippen molar-refractivity contribution in [1.82, 2.24) is 10.1 Å². The Kier molecular flexibility index (Phi) is 2.59. The molecule has 0 amide bonds. The first kappa shape index (κ1) is 11.7. The monoisotopic (exact) mass is 263 g/mol. The average molecular weight is 263 g/mol. The molecule has 2 unspecified atom stereocenters. The summed E-state index contributed by atoms with van der Waals surface area (Å²) in [6, 6.07) is 1.05. The molecule has 5 heteroatoms. The van der Waals surface area contributed by atoms with Gasteiger partial charge in [0, 0.05) is 24.0 Å². The van der Waals surface area contributed by atoms with E-state index in [9.17, 15) is 0 Å². The fourth-order valence-electron chi connectivity index (χ4n) is 3.59. The topological polar surface area (TPSA) is 60.2 Å². The van der Waals surface area contributed by atoms with Gasteiger partial charge in [-0.25, -0.2) is 0 Å². The van der Waals surface area contributed by atoms with Gasteiger partial charge in [0.15, 0.2) is 5.82 Å². The van der Waals surface area contributed by atoms with Crippen molar-refractivity contribution in [3.63, 3.8) is 0 Å². The summed E-state index contributed by atoms with van der Waals surface area (Å²) in [6.45, 7) is 2.89. The van der Waals surface area contributed by atoms with E-state index in [0.29, 0.717) is 29.5 Å². The molecule has 1 spiro atoms. The molecule has 0 saturated heterocycles. The van der Waals surface area contributed by atoms with Gasteiger partial charge >= 0.3 is 6.01 Å². The van der Waals surface area contributed by atoms with E-state index in [1.165, 1.54) is 32.1 Å². The Morgan fingerprint density at radius 3 is 2.89 bits per heavy atom. The molecule has 2 atom stereocenters. The predicted molar refractivity (Wildman–Crippen MR) is 70.0 cm³/mol. The molecule has 0 aromatic carbocycles. The van der Waals surface area contributed by atoms with Gasteiger partial charge in [0.25, 0.3) is 0 Å². The Labute approximate surface area is 113 Å². The maximum Gasteiger partial charge on any atom is 0.321 e. The van der Waals surface area contributed by atoms with Crippen LogP contribution in [0.3, 0.4) is 0 Å². The first-order valence-corrected chi connectivity index (χ1v) is 7.53. The lowest BCUT2D eigenvalue weighted by molar-refractivity contribution is -0.158. The smallest absolute Gasteiger partial charge is 0.321 e. The fraction of sp³-hybridized carbons (Fsp3) is 0.857. The van der Waals surface area contributed by atoms with Crippen LogP contribution < -0.4 is 5.32 Å². The Bertz CT molecular complexity index is 465. The molecule has 4 rings (SSSR count). The molecule has 0 bridgehead atoms. The van der Waals surface area contributed by atoms with Crippen LogP contribution in [-0.4, -0.2) is 28.9 Å². The minimum Gasteiger partial charge on any atom is -0.378 e. The second-order valence-corrected chi connectivity index (χ2v) is 6.20. The number of rotatable bonds is 5. The van der Waals surface area contributed by atoms with E-state index < -0.39 is 0 Å². The molecule has 5 nitrogen and oxygen atoms in total. The van der Waals surface area contributed by atoms with Crippen LogP contribution in [0.25, 0.3) is 0 Å². The van der Waals surface area contributed by atoms with E-state index in [0.717, 1.165) is 18.9 Å². The molecular weight excluding hydrogens is 242 g/mol. The third-order valence-electron chi connectivity index (χ3n) is 5.12. The molecule has 19 heavy (non-hydrogen) atoms. The largest absolute Gasteiger partial charge is 0.378 e. The van der Waals surface area contributed by atoms with Gasteiger partial charge in [-0.2, -0.15) is 4.98 Å². The van der Waals surface area contributed by atoms with Gasteiger partial charge in [0.1, 0.15) is 0 Å². The summed E-state index contributed by atoms with van der Waals surface area (Å²) >= 11 is 0. The number of ether oxygens (including phenoxy) is 1. The third kappa shape index (κ3) is 1.78. The average Bonchev–Trinajstić information content (AvgIpc) is 3.06. The van der Waals surface area contributed by atoms with Crippen LogP contribution in [-0.2, 0) is 4.74 Å². The van der Waals surface area contributed by atoms with Crippen molar-refractivity contribution in [2.45, 2.75) is 63.5 Å². The molecule has 1 N–H and O–H groups in total. The van der Waals surface area contributed by atoms with E-state index in [-0.39, 0.29) is 0 Å². The minimum atomic E-state index is 0.338. The van der Waals surface area contributed by atoms with E-state index in [1.807, 2.05) is 0 Å². The second kappa shape index (κ2) is 4.20. The van der Waals surface area contributed by atoms with Crippen molar-refractivity contribution in [2.24, 2.45) is 5.41 Å². The summed E-state index contributed by atoms with van der Waals surface area (Å²) in [5.74, 6) is 1.43. The number of nitrogens with one attached hydrogen (secondary N) is 1. The van der Waals surface area contributed by atoms with E-state index in [4.69, 9.17) is 9.26 Å². The Hall–Kier alpha value is -1.10. The molecule has 3 aliphatic rings. The quantitative estimate of drug-likeness (QED) is 0.885. The van der Waals surface area contributed by atoms with Gasteiger partial charge in [-0.05, 0) is 39.0 Å². The minimum absolute atomic E-state index is 0.338. The molecule has 3 fully saturated rings. The molecule has 0 aliphatic heterocycles. The van der Waals surface area contributed by atoms with Crippen LogP contribution in [0.15, 0.2) is 4.52 Å². The van der Waals surface area contributed by atoms with Crippen LogP contribution in [0, 0.1) is 5.41 Å². The third-order valence-corrected chi connectivity index (χ3v) is 5.12. The summed E-state index contributed by atoms with van der Waals surface area (Å²) in [4.78, 5) is 4.46. The highest BCUT2D eigenvalue weighted by molar-refractivity contribution is 5.29. The number of hydrogen-bond donors (Lipinski definition) is 1. The fourth-order valence-corrected chi connectivity index (χ4v) is 3.59. The molecule has 1 heterocycles. The van der Waals surface area contributed by atoms with Gasteiger partial charge in [0.05, 0.1) is 6.10 Å². The Morgan fingerprint density at radius 1 is 1.42 bits per heavy atom. The maximum absolute atomic E-state index is 5.85. The molecule has 1 aromatic heterocycles.